The summed E-state index contributed by atoms with van der Waals surface area (Å²) >= 11 is 0. The second-order valence-corrected chi connectivity index (χ2v) is 9.23. The largest absolute Gasteiger partial charge is 0.493 e. The topological polar surface area (TPSA) is 81.7 Å². The van der Waals surface area contributed by atoms with Crippen LogP contribution in [0.4, 0.5) is 0 Å². The Labute approximate surface area is 195 Å². The number of ether oxygens (including phenoxy) is 1. The molecule has 0 spiro atoms. The van der Waals surface area contributed by atoms with E-state index in [1.807, 2.05) is 45.0 Å². The van der Waals surface area contributed by atoms with E-state index in [1.165, 1.54) is 31.4 Å². The molecule has 0 unspecified atom stereocenters. The Morgan fingerprint density at radius 3 is 2.33 bits per heavy atom. The number of carbonyl (C=O) groups is 1. The predicted molar refractivity (Wildman–Crippen MR) is 129 cm³/mol. The van der Waals surface area contributed by atoms with Crippen LogP contribution in [0.25, 0.3) is 6.08 Å². The number of benzene rings is 3. The summed E-state index contributed by atoms with van der Waals surface area (Å²) in [7, 11) is -2.59. The first kappa shape index (κ1) is 24.1. The van der Waals surface area contributed by atoms with E-state index in [2.05, 4.69) is 5.32 Å². The van der Waals surface area contributed by atoms with E-state index in [-0.39, 0.29) is 28.3 Å². The number of hydrogen-bond acceptors (Lipinski definition) is 5. The molecular weight excluding hydrogens is 438 g/mol. The summed E-state index contributed by atoms with van der Waals surface area (Å²) in [6.07, 6.45) is 3.05. The van der Waals surface area contributed by atoms with Crippen LogP contribution in [-0.4, -0.2) is 21.4 Å². The van der Waals surface area contributed by atoms with Gasteiger partial charge in [0.2, 0.25) is 5.91 Å². The van der Waals surface area contributed by atoms with Crippen LogP contribution in [0.1, 0.15) is 35.2 Å². The quantitative estimate of drug-likeness (QED) is 0.375. The molecule has 0 heterocycles. The summed E-state index contributed by atoms with van der Waals surface area (Å²) in [5.74, 6) is 0.0568. The zero-order valence-electron chi connectivity index (χ0n) is 19.0. The lowest BCUT2D eigenvalue weighted by Crippen LogP contribution is -2.25. The van der Waals surface area contributed by atoms with Gasteiger partial charge in [-0.05, 0) is 67.8 Å². The van der Waals surface area contributed by atoms with Gasteiger partial charge in [0.25, 0.3) is 0 Å². The maximum absolute atomic E-state index is 12.6. The van der Waals surface area contributed by atoms with Crippen LogP contribution in [0.2, 0.25) is 0 Å². The molecule has 0 saturated carbocycles. The van der Waals surface area contributed by atoms with Crippen molar-refractivity contribution in [3.05, 3.63) is 95.1 Å². The van der Waals surface area contributed by atoms with Crippen molar-refractivity contribution in [1.29, 1.82) is 0 Å². The molecule has 0 bridgehead atoms. The second kappa shape index (κ2) is 10.4. The minimum absolute atomic E-state index is 0.0542. The molecule has 7 heteroatoms. The van der Waals surface area contributed by atoms with Crippen molar-refractivity contribution in [2.24, 2.45) is 0 Å². The number of rotatable bonds is 8. The Morgan fingerprint density at radius 2 is 1.67 bits per heavy atom. The van der Waals surface area contributed by atoms with E-state index in [0.29, 0.717) is 5.56 Å². The first-order chi connectivity index (χ1) is 15.7. The Balaban J connectivity index is 1.71. The van der Waals surface area contributed by atoms with E-state index in [4.69, 9.17) is 8.92 Å². The molecule has 33 heavy (non-hydrogen) atoms. The van der Waals surface area contributed by atoms with Crippen LogP contribution >= 0.6 is 0 Å². The SMILES string of the molecule is COc1cc(/C=C\C(=O)N[C@@H](C)c2ccccc2C)ccc1OS(=O)(=O)c1ccc(C)cc1. The summed E-state index contributed by atoms with van der Waals surface area (Å²) in [6, 6.07) is 18.9. The molecule has 0 aliphatic carbocycles. The Morgan fingerprint density at radius 1 is 0.970 bits per heavy atom. The molecule has 0 aliphatic heterocycles. The highest BCUT2D eigenvalue weighted by atomic mass is 32.2. The molecule has 1 amide bonds. The second-order valence-electron chi connectivity index (χ2n) is 7.68. The molecule has 0 saturated heterocycles. The highest BCUT2D eigenvalue weighted by Crippen LogP contribution is 2.31. The molecule has 6 nitrogen and oxygen atoms in total. The summed E-state index contributed by atoms with van der Waals surface area (Å²) < 4.78 is 35.8. The highest BCUT2D eigenvalue weighted by molar-refractivity contribution is 7.87. The minimum atomic E-state index is -4.01. The van der Waals surface area contributed by atoms with Crippen LogP contribution in [0.3, 0.4) is 0 Å². The Hall–Kier alpha value is -3.58. The summed E-state index contributed by atoms with van der Waals surface area (Å²) in [5.41, 5.74) is 3.76. The van der Waals surface area contributed by atoms with Gasteiger partial charge >= 0.3 is 10.1 Å². The van der Waals surface area contributed by atoms with Gasteiger partial charge in [-0.15, -0.1) is 0 Å². The average Bonchev–Trinajstić information content (AvgIpc) is 2.78. The van der Waals surface area contributed by atoms with Gasteiger partial charge in [-0.25, -0.2) is 0 Å². The number of amides is 1. The first-order valence-corrected chi connectivity index (χ1v) is 11.8. The van der Waals surface area contributed by atoms with E-state index in [0.717, 1.165) is 16.7 Å². The van der Waals surface area contributed by atoms with E-state index < -0.39 is 10.1 Å². The van der Waals surface area contributed by atoms with Gasteiger partial charge in [-0.1, -0.05) is 48.0 Å². The third-order valence-corrected chi connectivity index (χ3v) is 6.39. The van der Waals surface area contributed by atoms with Crippen LogP contribution in [-0.2, 0) is 14.9 Å². The molecule has 3 aromatic carbocycles. The zero-order valence-corrected chi connectivity index (χ0v) is 19.8. The normalized spacial score (nSPS) is 12.4. The molecule has 0 aromatic heterocycles. The standard InChI is InChI=1S/C26H27NO5S/c1-18-9-13-22(14-10-18)33(29,30)32-24-15-11-21(17-25(24)31-4)12-16-26(28)27-20(3)23-8-6-5-7-19(23)2/h5-17,20H,1-4H3,(H,27,28)/b16-12-/t20-/m0/s1. The van der Waals surface area contributed by atoms with Crippen LogP contribution in [0.5, 0.6) is 11.5 Å². The van der Waals surface area contributed by atoms with Crippen molar-refractivity contribution in [3.8, 4) is 11.5 Å². The van der Waals surface area contributed by atoms with Gasteiger partial charge in [0.05, 0.1) is 13.2 Å². The van der Waals surface area contributed by atoms with Crippen molar-refractivity contribution in [1.82, 2.24) is 5.32 Å². The third kappa shape index (κ3) is 6.23. The van der Waals surface area contributed by atoms with Crippen LogP contribution < -0.4 is 14.2 Å². The Kier molecular flexibility index (Phi) is 7.55. The predicted octanol–water partition coefficient (Wildman–Crippen LogP) is 4.97. The molecule has 3 aromatic rings. The van der Waals surface area contributed by atoms with Gasteiger partial charge in [-0.2, -0.15) is 8.42 Å². The summed E-state index contributed by atoms with van der Waals surface area (Å²) in [4.78, 5) is 12.4. The Bertz CT molecular complexity index is 1260. The van der Waals surface area contributed by atoms with Crippen LogP contribution in [0, 0.1) is 13.8 Å². The van der Waals surface area contributed by atoms with E-state index in [1.54, 1.807) is 30.3 Å². The number of hydrogen-bond donors (Lipinski definition) is 1. The van der Waals surface area contributed by atoms with Crippen molar-refractivity contribution < 1.29 is 22.1 Å². The molecule has 3 rings (SSSR count). The number of nitrogens with one attached hydrogen (secondary N) is 1. The molecule has 0 radical (unpaired) electrons. The maximum atomic E-state index is 12.6. The minimum Gasteiger partial charge on any atom is -0.493 e. The average molecular weight is 466 g/mol. The van der Waals surface area contributed by atoms with Gasteiger partial charge < -0.3 is 14.2 Å². The lowest BCUT2D eigenvalue weighted by Gasteiger charge is -2.15. The molecule has 1 atom stereocenters. The fraction of sp³-hybridized carbons (Fsp3) is 0.192. The number of carbonyl (C=O) groups excluding carboxylic acids is 1. The zero-order chi connectivity index (χ0) is 24.0. The van der Waals surface area contributed by atoms with Crippen molar-refractivity contribution in [2.45, 2.75) is 31.7 Å². The van der Waals surface area contributed by atoms with Gasteiger partial charge in [0, 0.05) is 6.08 Å². The van der Waals surface area contributed by atoms with Crippen molar-refractivity contribution >= 4 is 22.1 Å². The number of aryl methyl sites for hydroxylation is 2. The van der Waals surface area contributed by atoms with E-state index >= 15 is 0 Å². The van der Waals surface area contributed by atoms with Gasteiger partial charge in [0.15, 0.2) is 11.5 Å². The molecule has 172 valence electrons. The molecule has 1 N–H and O–H groups in total. The molecule has 0 aliphatic rings. The summed E-state index contributed by atoms with van der Waals surface area (Å²) in [5, 5.41) is 2.94. The smallest absolute Gasteiger partial charge is 0.339 e. The fourth-order valence-electron chi connectivity index (χ4n) is 3.31. The van der Waals surface area contributed by atoms with Crippen molar-refractivity contribution in [2.75, 3.05) is 7.11 Å². The van der Waals surface area contributed by atoms with Crippen LogP contribution in [0.15, 0.2) is 77.7 Å². The van der Waals surface area contributed by atoms with Gasteiger partial charge in [-0.3, -0.25) is 4.79 Å². The molecule has 0 fully saturated rings. The fourth-order valence-corrected chi connectivity index (χ4v) is 4.25. The summed E-state index contributed by atoms with van der Waals surface area (Å²) in [6.45, 7) is 5.80. The highest BCUT2D eigenvalue weighted by Gasteiger charge is 2.19. The lowest BCUT2D eigenvalue weighted by molar-refractivity contribution is -0.117. The van der Waals surface area contributed by atoms with E-state index in [9.17, 15) is 13.2 Å². The molecular formula is C26H27NO5S. The van der Waals surface area contributed by atoms with Gasteiger partial charge in [0.1, 0.15) is 4.90 Å². The number of methoxy groups -OCH3 is 1. The monoisotopic (exact) mass is 465 g/mol. The maximum Gasteiger partial charge on any atom is 0.339 e. The lowest BCUT2D eigenvalue weighted by atomic mass is 10.0. The van der Waals surface area contributed by atoms with Crippen molar-refractivity contribution in [3.63, 3.8) is 0 Å². The first-order valence-electron chi connectivity index (χ1n) is 10.4. The third-order valence-electron chi connectivity index (χ3n) is 5.14.